The molecular formula is C21H30ClN5O4S. The molecule has 2 rings (SSSR count). The molecule has 0 aromatic carbocycles. The monoisotopic (exact) mass is 483 g/mol. The van der Waals surface area contributed by atoms with E-state index in [4.69, 9.17) is 28.6 Å². The number of pyridine rings is 1. The molecule has 0 spiro atoms. The van der Waals surface area contributed by atoms with Crippen molar-refractivity contribution in [3.05, 3.63) is 23.5 Å². The Balaban J connectivity index is 2.16. The van der Waals surface area contributed by atoms with Crippen LogP contribution in [0.1, 0.15) is 46.5 Å². The summed E-state index contributed by atoms with van der Waals surface area (Å²) in [7, 11) is 3.42. The Labute approximate surface area is 198 Å². The first kappa shape index (κ1) is 25.8. The SMILES string of the molecule is CN(C)C(=O)[C@H]1CCCC(N(NC(=S)C(=O)Nc2ccc(Cl)nc2)C(=O)OC(C)(C)C)C1. The second-order valence-corrected chi connectivity index (χ2v) is 9.66. The van der Waals surface area contributed by atoms with E-state index in [0.29, 0.717) is 23.7 Å². The van der Waals surface area contributed by atoms with Crippen molar-refractivity contribution >= 4 is 52.4 Å². The summed E-state index contributed by atoms with van der Waals surface area (Å²) in [5.74, 6) is -0.832. The predicted octanol–water partition coefficient (Wildman–Crippen LogP) is 3.39. The number of hydrogen-bond donors (Lipinski definition) is 2. The minimum absolute atomic E-state index is 0.00870. The molecule has 1 fully saturated rings. The zero-order chi connectivity index (χ0) is 24.1. The van der Waals surface area contributed by atoms with E-state index in [1.165, 1.54) is 17.3 Å². The van der Waals surface area contributed by atoms with Crippen LogP contribution in [-0.4, -0.2) is 63.5 Å². The lowest BCUT2D eigenvalue weighted by Gasteiger charge is -2.38. The van der Waals surface area contributed by atoms with E-state index in [-0.39, 0.29) is 22.9 Å². The minimum atomic E-state index is -0.747. The first-order chi connectivity index (χ1) is 14.9. The van der Waals surface area contributed by atoms with E-state index in [1.54, 1.807) is 45.8 Å². The maximum atomic E-state index is 13.0. The van der Waals surface area contributed by atoms with Crippen molar-refractivity contribution in [2.24, 2.45) is 5.92 Å². The van der Waals surface area contributed by atoms with Crippen LogP contribution < -0.4 is 10.7 Å². The highest BCUT2D eigenvalue weighted by molar-refractivity contribution is 7.82. The molecule has 1 unspecified atom stereocenters. The van der Waals surface area contributed by atoms with Gasteiger partial charge in [0.05, 0.1) is 17.9 Å². The summed E-state index contributed by atoms with van der Waals surface area (Å²) in [5.41, 5.74) is 2.39. The van der Waals surface area contributed by atoms with Gasteiger partial charge in [0, 0.05) is 20.0 Å². The van der Waals surface area contributed by atoms with Crippen molar-refractivity contribution in [2.75, 3.05) is 19.4 Å². The van der Waals surface area contributed by atoms with Gasteiger partial charge in [-0.2, -0.15) is 0 Å². The molecule has 1 aromatic heterocycles. The Kier molecular flexibility index (Phi) is 8.80. The van der Waals surface area contributed by atoms with Gasteiger partial charge in [-0.1, -0.05) is 30.2 Å². The fraction of sp³-hybridized carbons (Fsp3) is 0.571. The first-order valence-corrected chi connectivity index (χ1v) is 11.1. The molecule has 1 aromatic rings. The van der Waals surface area contributed by atoms with Crippen LogP contribution in [0.25, 0.3) is 0 Å². The topological polar surface area (TPSA) is 104 Å². The molecule has 11 heteroatoms. The van der Waals surface area contributed by atoms with Crippen LogP contribution in [0.2, 0.25) is 5.15 Å². The van der Waals surface area contributed by atoms with Crippen molar-refractivity contribution in [3.8, 4) is 0 Å². The number of carbonyl (C=O) groups is 3. The second kappa shape index (κ2) is 10.9. The lowest BCUT2D eigenvalue weighted by Crippen LogP contribution is -2.56. The van der Waals surface area contributed by atoms with Crippen LogP contribution in [-0.2, 0) is 14.3 Å². The van der Waals surface area contributed by atoms with Crippen LogP contribution in [0.4, 0.5) is 10.5 Å². The molecule has 2 atom stereocenters. The normalized spacial score (nSPS) is 18.3. The summed E-state index contributed by atoms with van der Waals surface area (Å²) in [5, 5.41) is 4.13. The quantitative estimate of drug-likeness (QED) is 0.385. The number of anilines is 1. The third-order valence-corrected chi connectivity index (χ3v) is 5.31. The third kappa shape index (κ3) is 7.59. The minimum Gasteiger partial charge on any atom is -0.442 e. The Morgan fingerprint density at radius 3 is 2.47 bits per heavy atom. The van der Waals surface area contributed by atoms with Gasteiger partial charge < -0.3 is 15.0 Å². The molecule has 1 aliphatic rings. The van der Waals surface area contributed by atoms with Gasteiger partial charge in [-0.3, -0.25) is 15.0 Å². The highest BCUT2D eigenvalue weighted by Gasteiger charge is 2.36. The van der Waals surface area contributed by atoms with E-state index in [0.717, 1.165) is 12.8 Å². The van der Waals surface area contributed by atoms with Gasteiger partial charge in [-0.05, 0) is 52.2 Å². The first-order valence-electron chi connectivity index (χ1n) is 10.3. The second-order valence-electron chi connectivity index (χ2n) is 8.87. The van der Waals surface area contributed by atoms with E-state index in [9.17, 15) is 14.4 Å². The lowest BCUT2D eigenvalue weighted by molar-refractivity contribution is -0.134. The maximum absolute atomic E-state index is 13.0. The number of nitrogens with one attached hydrogen (secondary N) is 2. The van der Waals surface area contributed by atoms with Crippen LogP contribution in [0.15, 0.2) is 18.3 Å². The Hall–Kier alpha value is -2.46. The van der Waals surface area contributed by atoms with Gasteiger partial charge in [-0.25, -0.2) is 14.8 Å². The van der Waals surface area contributed by atoms with Crippen LogP contribution in [0, 0.1) is 5.92 Å². The smallest absolute Gasteiger partial charge is 0.429 e. The molecule has 0 radical (unpaired) electrons. The number of carbonyl (C=O) groups excluding carboxylic acids is 3. The standard InChI is InChI=1S/C21H30ClN5O4S/c1-21(2,3)31-20(30)27(15-8-6-7-13(11-15)19(29)26(4)5)25-18(32)17(28)24-14-9-10-16(22)23-12-14/h9-10,12-13,15H,6-8,11H2,1-5H3,(H,24,28)(H,25,32)/t13-,15?/m0/s1. The zero-order valence-electron chi connectivity index (χ0n) is 19.0. The third-order valence-electron chi connectivity index (χ3n) is 4.81. The molecule has 1 saturated carbocycles. The van der Waals surface area contributed by atoms with Crippen LogP contribution >= 0.6 is 23.8 Å². The number of amides is 3. The summed E-state index contributed by atoms with van der Waals surface area (Å²) in [6, 6.07) is 2.75. The van der Waals surface area contributed by atoms with Crippen LogP contribution in [0.5, 0.6) is 0 Å². The molecule has 32 heavy (non-hydrogen) atoms. The van der Waals surface area contributed by atoms with Gasteiger partial charge >= 0.3 is 6.09 Å². The summed E-state index contributed by atoms with van der Waals surface area (Å²) >= 11 is 11.0. The van der Waals surface area contributed by atoms with Gasteiger partial charge in [0.1, 0.15) is 10.8 Å². The molecule has 1 aliphatic carbocycles. The molecular weight excluding hydrogens is 454 g/mol. The largest absolute Gasteiger partial charge is 0.442 e. The predicted molar refractivity (Wildman–Crippen MR) is 126 cm³/mol. The van der Waals surface area contributed by atoms with Gasteiger partial charge in [0.15, 0.2) is 4.99 Å². The fourth-order valence-corrected chi connectivity index (χ4v) is 3.64. The average molecular weight is 484 g/mol. The van der Waals surface area contributed by atoms with Crippen molar-refractivity contribution in [1.29, 1.82) is 0 Å². The van der Waals surface area contributed by atoms with Crippen molar-refractivity contribution in [2.45, 2.75) is 58.1 Å². The number of hydrazine groups is 1. The Morgan fingerprint density at radius 2 is 1.91 bits per heavy atom. The number of ether oxygens (including phenoxy) is 1. The number of rotatable bonds is 3. The number of aromatic nitrogens is 1. The fourth-order valence-electron chi connectivity index (χ4n) is 3.38. The highest BCUT2D eigenvalue weighted by Crippen LogP contribution is 2.29. The van der Waals surface area contributed by atoms with Crippen molar-refractivity contribution < 1.29 is 19.1 Å². The zero-order valence-corrected chi connectivity index (χ0v) is 20.5. The van der Waals surface area contributed by atoms with E-state index >= 15 is 0 Å². The number of halogens is 1. The molecule has 1 heterocycles. The molecule has 9 nitrogen and oxygen atoms in total. The number of hydrogen-bond acceptors (Lipinski definition) is 6. The van der Waals surface area contributed by atoms with Crippen molar-refractivity contribution in [1.82, 2.24) is 20.3 Å². The van der Waals surface area contributed by atoms with Gasteiger partial charge in [0.25, 0.3) is 5.91 Å². The molecule has 2 N–H and O–H groups in total. The van der Waals surface area contributed by atoms with Crippen LogP contribution in [0.3, 0.4) is 0 Å². The highest BCUT2D eigenvalue weighted by atomic mass is 35.5. The van der Waals surface area contributed by atoms with Gasteiger partial charge in [-0.15, -0.1) is 0 Å². The molecule has 3 amide bonds. The number of nitrogens with zero attached hydrogens (tertiary/aromatic N) is 3. The maximum Gasteiger partial charge on any atom is 0.429 e. The summed E-state index contributed by atoms with van der Waals surface area (Å²) < 4.78 is 5.52. The summed E-state index contributed by atoms with van der Waals surface area (Å²) in [6.07, 6.45) is 3.31. The molecule has 0 bridgehead atoms. The lowest BCUT2D eigenvalue weighted by atomic mass is 9.84. The van der Waals surface area contributed by atoms with E-state index in [2.05, 4.69) is 15.7 Å². The summed E-state index contributed by atoms with van der Waals surface area (Å²) in [6.45, 7) is 5.25. The summed E-state index contributed by atoms with van der Waals surface area (Å²) in [4.78, 5) is 43.2. The van der Waals surface area contributed by atoms with Crippen molar-refractivity contribution in [3.63, 3.8) is 0 Å². The van der Waals surface area contributed by atoms with E-state index < -0.39 is 17.6 Å². The molecule has 0 aliphatic heterocycles. The Morgan fingerprint density at radius 1 is 1.22 bits per heavy atom. The van der Waals surface area contributed by atoms with E-state index in [1.807, 2.05) is 0 Å². The van der Waals surface area contributed by atoms with Gasteiger partial charge in [0.2, 0.25) is 5.91 Å². The average Bonchev–Trinajstić information content (AvgIpc) is 2.71. The Bertz CT molecular complexity index is 857. The number of thiocarbonyl (C=S) groups is 1. The molecule has 176 valence electrons. The molecule has 0 saturated heterocycles.